The largest absolute Gasteiger partial charge is 1.00 e. The zero-order valence-electron chi connectivity index (χ0n) is 6.13. The number of ether oxygens (including phenoxy) is 1. The maximum absolute atomic E-state index is 9.88. The van der Waals surface area contributed by atoms with Gasteiger partial charge in [-0.2, -0.15) is 0 Å². The van der Waals surface area contributed by atoms with Crippen molar-refractivity contribution in [1.82, 2.24) is 0 Å². The van der Waals surface area contributed by atoms with Crippen LogP contribution in [0, 0.1) is 0 Å². The molecule has 0 N–H and O–H groups in total. The van der Waals surface area contributed by atoms with Crippen molar-refractivity contribution in [3.05, 3.63) is 0 Å². The van der Waals surface area contributed by atoms with Gasteiger partial charge >= 0.3 is 29.6 Å². The van der Waals surface area contributed by atoms with Crippen LogP contribution >= 0.6 is 0 Å². The smallest absolute Gasteiger partial charge is 0.550 e. The van der Waals surface area contributed by atoms with Gasteiger partial charge in [-0.15, -0.1) is 0 Å². The quantitative estimate of drug-likeness (QED) is 0.391. The second-order valence-corrected chi connectivity index (χ2v) is 2.19. The van der Waals surface area contributed by atoms with Crippen LogP contribution in [0.15, 0.2) is 0 Å². The Bertz CT molecular complexity index is 112. The maximum atomic E-state index is 9.88. The number of carbonyl (C=O) groups excluding carboxylic acids is 1. The van der Waals surface area contributed by atoms with E-state index in [1.165, 1.54) is 0 Å². The van der Waals surface area contributed by atoms with Crippen molar-refractivity contribution in [2.45, 2.75) is 25.4 Å². The molecule has 0 amide bonds. The molecule has 0 saturated carbocycles. The molecule has 0 aromatic heterocycles. The average molecular weight is 152 g/mol. The van der Waals surface area contributed by atoms with Crippen molar-refractivity contribution in [2.75, 3.05) is 6.61 Å². The standard InChI is InChI=1S/C6H10O3.Na/c7-6(8)2-1-5-3-4-9-5;/h5H,1-4H2,(H,7,8);/q;+1/p-1. The Hall–Kier alpha value is 0.430. The summed E-state index contributed by atoms with van der Waals surface area (Å²) in [6, 6.07) is 0. The number of carboxylic acids is 1. The molecule has 0 radical (unpaired) electrons. The van der Waals surface area contributed by atoms with Crippen LogP contribution in [-0.4, -0.2) is 18.7 Å². The Labute approximate surface area is 82.0 Å². The number of rotatable bonds is 3. The monoisotopic (exact) mass is 152 g/mol. The van der Waals surface area contributed by atoms with Crippen molar-refractivity contribution < 1.29 is 44.2 Å². The van der Waals surface area contributed by atoms with Crippen molar-refractivity contribution in [3.8, 4) is 0 Å². The third-order valence-corrected chi connectivity index (χ3v) is 1.46. The van der Waals surface area contributed by atoms with Crippen LogP contribution in [0.3, 0.4) is 0 Å². The van der Waals surface area contributed by atoms with Crippen LogP contribution in [0.5, 0.6) is 0 Å². The van der Waals surface area contributed by atoms with Gasteiger partial charge in [0.15, 0.2) is 0 Å². The minimum absolute atomic E-state index is 0. The van der Waals surface area contributed by atoms with E-state index < -0.39 is 5.97 Å². The van der Waals surface area contributed by atoms with Gasteiger partial charge in [-0.25, -0.2) is 0 Å². The Morgan fingerprint density at radius 3 is 2.60 bits per heavy atom. The molecule has 1 heterocycles. The Balaban J connectivity index is 0.000000810. The van der Waals surface area contributed by atoms with E-state index in [1.807, 2.05) is 0 Å². The van der Waals surface area contributed by atoms with Crippen molar-refractivity contribution in [2.24, 2.45) is 0 Å². The van der Waals surface area contributed by atoms with Crippen LogP contribution < -0.4 is 34.7 Å². The molecule has 1 unspecified atom stereocenters. The van der Waals surface area contributed by atoms with Gasteiger partial charge in [0, 0.05) is 12.6 Å². The van der Waals surface area contributed by atoms with Crippen LogP contribution in [0.1, 0.15) is 19.3 Å². The molecule has 0 bridgehead atoms. The van der Waals surface area contributed by atoms with E-state index in [1.54, 1.807) is 0 Å². The fourth-order valence-corrected chi connectivity index (χ4v) is 0.791. The molecule has 0 spiro atoms. The predicted molar refractivity (Wildman–Crippen MR) is 28.6 cm³/mol. The number of hydrogen-bond donors (Lipinski definition) is 0. The van der Waals surface area contributed by atoms with Gasteiger partial charge in [0.25, 0.3) is 0 Å². The molecule has 0 aromatic carbocycles. The van der Waals surface area contributed by atoms with Crippen LogP contribution in [0.25, 0.3) is 0 Å². The minimum Gasteiger partial charge on any atom is -0.550 e. The fraction of sp³-hybridized carbons (Fsp3) is 0.833. The topological polar surface area (TPSA) is 49.4 Å². The van der Waals surface area contributed by atoms with Gasteiger partial charge in [-0.05, 0) is 19.3 Å². The number of aliphatic carboxylic acids is 1. The zero-order valence-corrected chi connectivity index (χ0v) is 8.13. The third kappa shape index (κ3) is 3.56. The number of hydrogen-bond acceptors (Lipinski definition) is 3. The normalized spacial score (nSPS) is 22.6. The summed E-state index contributed by atoms with van der Waals surface area (Å²) in [5.41, 5.74) is 0. The Morgan fingerprint density at radius 1 is 1.70 bits per heavy atom. The minimum atomic E-state index is -0.981. The molecule has 0 aliphatic carbocycles. The molecule has 1 aliphatic heterocycles. The Morgan fingerprint density at radius 2 is 2.30 bits per heavy atom. The van der Waals surface area contributed by atoms with Gasteiger partial charge in [0.05, 0.1) is 6.10 Å². The SMILES string of the molecule is O=C([O-])CCC1CCO1.[Na+]. The molecule has 1 rings (SSSR count). The number of carbonyl (C=O) groups is 1. The van der Waals surface area contributed by atoms with Gasteiger partial charge in [0.1, 0.15) is 0 Å². The summed E-state index contributed by atoms with van der Waals surface area (Å²) < 4.78 is 4.99. The predicted octanol–water partition coefficient (Wildman–Crippen LogP) is -3.69. The molecule has 1 atom stereocenters. The van der Waals surface area contributed by atoms with Crippen molar-refractivity contribution in [3.63, 3.8) is 0 Å². The molecule has 4 heteroatoms. The number of carboxylic acid groups (broad SMARTS) is 1. The fourth-order valence-electron chi connectivity index (χ4n) is 0.791. The van der Waals surface area contributed by atoms with Crippen LogP contribution in [-0.2, 0) is 9.53 Å². The first-order chi connectivity index (χ1) is 4.29. The molecule has 52 valence electrons. The van der Waals surface area contributed by atoms with E-state index in [0.717, 1.165) is 13.0 Å². The zero-order chi connectivity index (χ0) is 6.69. The summed E-state index contributed by atoms with van der Waals surface area (Å²) in [4.78, 5) is 9.88. The van der Waals surface area contributed by atoms with Gasteiger partial charge in [-0.1, -0.05) is 0 Å². The molecule has 3 nitrogen and oxygen atoms in total. The van der Waals surface area contributed by atoms with E-state index in [-0.39, 0.29) is 42.1 Å². The molecule has 1 fully saturated rings. The van der Waals surface area contributed by atoms with E-state index in [4.69, 9.17) is 4.74 Å². The summed E-state index contributed by atoms with van der Waals surface area (Å²) in [6.45, 7) is 0.789. The first-order valence-electron chi connectivity index (χ1n) is 3.10. The molecule has 1 aliphatic rings. The van der Waals surface area contributed by atoms with Crippen molar-refractivity contribution >= 4 is 5.97 Å². The average Bonchev–Trinajstić information content (AvgIpc) is 1.60. The second-order valence-electron chi connectivity index (χ2n) is 2.19. The van der Waals surface area contributed by atoms with Crippen LogP contribution in [0.2, 0.25) is 0 Å². The second kappa shape index (κ2) is 5.13. The van der Waals surface area contributed by atoms with E-state index >= 15 is 0 Å². The van der Waals surface area contributed by atoms with Crippen LogP contribution in [0.4, 0.5) is 0 Å². The van der Waals surface area contributed by atoms with E-state index in [9.17, 15) is 9.90 Å². The maximum Gasteiger partial charge on any atom is 1.00 e. The van der Waals surface area contributed by atoms with Gasteiger partial charge in [-0.3, -0.25) is 0 Å². The summed E-state index contributed by atoms with van der Waals surface area (Å²) in [5.74, 6) is -0.981. The Kier molecular flexibility index (Phi) is 5.35. The third-order valence-electron chi connectivity index (χ3n) is 1.46. The summed E-state index contributed by atoms with van der Waals surface area (Å²) >= 11 is 0. The molecule has 0 aromatic rings. The summed E-state index contributed by atoms with van der Waals surface area (Å²) in [7, 11) is 0. The molecule has 10 heavy (non-hydrogen) atoms. The summed E-state index contributed by atoms with van der Waals surface area (Å²) in [6.07, 6.45) is 1.95. The van der Waals surface area contributed by atoms with Gasteiger partial charge < -0.3 is 14.6 Å². The van der Waals surface area contributed by atoms with E-state index in [2.05, 4.69) is 0 Å². The molecular formula is C6H9NaO3. The summed E-state index contributed by atoms with van der Waals surface area (Å²) in [5, 5.41) is 9.88. The van der Waals surface area contributed by atoms with Crippen molar-refractivity contribution in [1.29, 1.82) is 0 Å². The molecule has 1 saturated heterocycles. The molecular weight excluding hydrogens is 143 g/mol. The first-order valence-corrected chi connectivity index (χ1v) is 3.10. The van der Waals surface area contributed by atoms with Gasteiger partial charge in [0.2, 0.25) is 0 Å². The van der Waals surface area contributed by atoms with E-state index in [0.29, 0.717) is 6.42 Å². The first kappa shape index (κ1) is 10.4.